The second-order valence-corrected chi connectivity index (χ2v) is 4.17. The van der Waals surface area contributed by atoms with Crippen molar-refractivity contribution in [2.45, 2.75) is 39.5 Å². The lowest BCUT2D eigenvalue weighted by atomic mass is 9.96. The van der Waals surface area contributed by atoms with Crippen LogP contribution in [0.4, 0.5) is 0 Å². The molecule has 0 aromatic heterocycles. The number of hydrogen-bond acceptors (Lipinski definition) is 3. The topological polar surface area (TPSA) is 77.8 Å². The van der Waals surface area contributed by atoms with E-state index in [-0.39, 0.29) is 11.3 Å². The Balaban J connectivity index is 3.11. The van der Waals surface area contributed by atoms with E-state index in [0.29, 0.717) is 12.0 Å². The van der Waals surface area contributed by atoms with E-state index in [0.717, 1.165) is 24.8 Å². The summed E-state index contributed by atoms with van der Waals surface area (Å²) < 4.78 is 0. The number of hydrogen-bond donors (Lipinski definition) is 3. The van der Waals surface area contributed by atoms with Crippen LogP contribution >= 0.6 is 0 Å². The highest BCUT2D eigenvalue weighted by Crippen LogP contribution is 2.34. The Hall–Kier alpha value is -1.71. The lowest BCUT2D eigenvalue weighted by Gasteiger charge is -2.11. The van der Waals surface area contributed by atoms with Gasteiger partial charge in [0.25, 0.3) is 0 Å². The molecule has 0 aliphatic carbocycles. The fourth-order valence-electron chi connectivity index (χ4n) is 1.89. The average Bonchev–Trinajstić information content (AvgIpc) is 2.25. The first kappa shape index (κ1) is 13.4. The lowest BCUT2D eigenvalue weighted by molar-refractivity contribution is 0.0692. The Bertz CT molecular complexity index is 424. The minimum atomic E-state index is -1.22. The summed E-state index contributed by atoms with van der Waals surface area (Å²) in [7, 11) is 0. The lowest BCUT2D eigenvalue weighted by Crippen LogP contribution is -2.04. The molecule has 1 rings (SSSR count). The first-order valence-corrected chi connectivity index (χ1v) is 5.76. The van der Waals surface area contributed by atoms with Gasteiger partial charge in [0.2, 0.25) is 0 Å². The maximum Gasteiger partial charge on any atom is 0.339 e. The molecule has 1 aromatic carbocycles. The van der Waals surface area contributed by atoms with Crippen LogP contribution in [0, 0.1) is 6.92 Å². The van der Waals surface area contributed by atoms with Crippen LogP contribution in [0.1, 0.15) is 47.7 Å². The monoisotopic (exact) mass is 238 g/mol. The molecule has 0 saturated heterocycles. The molecule has 17 heavy (non-hydrogen) atoms. The predicted molar refractivity (Wildman–Crippen MR) is 64.7 cm³/mol. The standard InChI is InChI=1S/C13H18O4/c1-3-4-5-6-9-7-10(14)12(15)11(8(9)2)13(16)17/h7,14-15H,3-6H2,1-2H3,(H,16,17). The van der Waals surface area contributed by atoms with Gasteiger partial charge in [-0.3, -0.25) is 0 Å². The number of unbranched alkanes of at least 4 members (excludes halogenated alkanes) is 2. The van der Waals surface area contributed by atoms with Gasteiger partial charge in [0.15, 0.2) is 11.5 Å². The van der Waals surface area contributed by atoms with Crippen LogP contribution < -0.4 is 0 Å². The van der Waals surface area contributed by atoms with Crippen LogP contribution in [0.5, 0.6) is 11.5 Å². The first-order valence-electron chi connectivity index (χ1n) is 5.76. The number of carboxylic acid groups (broad SMARTS) is 1. The van der Waals surface area contributed by atoms with Crippen LogP contribution in [-0.4, -0.2) is 21.3 Å². The summed E-state index contributed by atoms with van der Waals surface area (Å²) in [5.74, 6) is -2.12. The molecule has 0 heterocycles. The smallest absolute Gasteiger partial charge is 0.339 e. The minimum absolute atomic E-state index is 0.198. The van der Waals surface area contributed by atoms with Crippen LogP contribution in [0.3, 0.4) is 0 Å². The number of rotatable bonds is 5. The van der Waals surface area contributed by atoms with Gasteiger partial charge in [-0.05, 0) is 37.0 Å². The van der Waals surface area contributed by atoms with Crippen molar-refractivity contribution >= 4 is 5.97 Å². The zero-order chi connectivity index (χ0) is 13.0. The zero-order valence-electron chi connectivity index (χ0n) is 10.2. The molecule has 4 heteroatoms. The van der Waals surface area contributed by atoms with E-state index in [1.807, 2.05) is 0 Å². The summed E-state index contributed by atoms with van der Waals surface area (Å²) >= 11 is 0. The molecule has 0 atom stereocenters. The number of phenolic OH excluding ortho intramolecular Hbond substituents is 1. The van der Waals surface area contributed by atoms with Crippen molar-refractivity contribution in [3.05, 3.63) is 22.8 Å². The van der Waals surface area contributed by atoms with Gasteiger partial charge in [-0.15, -0.1) is 0 Å². The van der Waals surface area contributed by atoms with Crippen LogP contribution in [0.15, 0.2) is 6.07 Å². The van der Waals surface area contributed by atoms with Crippen molar-refractivity contribution in [3.8, 4) is 11.5 Å². The molecule has 0 aliphatic rings. The maximum absolute atomic E-state index is 11.0. The number of aryl methyl sites for hydroxylation is 1. The highest BCUT2D eigenvalue weighted by Gasteiger charge is 2.19. The summed E-state index contributed by atoms with van der Waals surface area (Å²) in [5, 5.41) is 28.0. The molecule has 0 fully saturated rings. The fraction of sp³-hybridized carbons (Fsp3) is 0.462. The van der Waals surface area contributed by atoms with Gasteiger partial charge in [0.05, 0.1) is 0 Å². The van der Waals surface area contributed by atoms with Gasteiger partial charge in [-0.2, -0.15) is 0 Å². The molecule has 1 aromatic rings. The second-order valence-electron chi connectivity index (χ2n) is 4.17. The molecular formula is C13H18O4. The first-order chi connectivity index (χ1) is 7.99. The predicted octanol–water partition coefficient (Wildman–Crippen LogP) is 2.84. The quantitative estimate of drug-likeness (QED) is 0.544. The normalized spacial score (nSPS) is 10.5. The number of carboxylic acids is 1. The second kappa shape index (κ2) is 5.57. The maximum atomic E-state index is 11.0. The van der Waals surface area contributed by atoms with Crippen molar-refractivity contribution in [2.75, 3.05) is 0 Å². The van der Waals surface area contributed by atoms with Gasteiger partial charge >= 0.3 is 5.97 Å². The fourth-order valence-corrected chi connectivity index (χ4v) is 1.89. The summed E-state index contributed by atoms with van der Waals surface area (Å²) in [4.78, 5) is 11.0. The molecule has 0 aliphatic heterocycles. The molecule has 0 radical (unpaired) electrons. The van der Waals surface area contributed by atoms with Crippen LogP contribution in [0.2, 0.25) is 0 Å². The van der Waals surface area contributed by atoms with E-state index in [1.54, 1.807) is 6.92 Å². The van der Waals surface area contributed by atoms with E-state index in [2.05, 4.69) is 6.92 Å². The Morgan fingerprint density at radius 3 is 2.47 bits per heavy atom. The van der Waals surface area contributed by atoms with Crippen molar-refractivity contribution < 1.29 is 20.1 Å². The molecule has 0 unspecified atom stereocenters. The Labute approximate surface area is 101 Å². The Kier molecular flexibility index (Phi) is 4.37. The molecular weight excluding hydrogens is 220 g/mol. The van der Waals surface area contributed by atoms with E-state index in [9.17, 15) is 15.0 Å². The van der Waals surface area contributed by atoms with Crippen LogP contribution in [-0.2, 0) is 6.42 Å². The Morgan fingerprint density at radius 2 is 1.94 bits per heavy atom. The summed E-state index contributed by atoms with van der Waals surface area (Å²) in [6.45, 7) is 3.74. The molecule has 0 spiro atoms. The third kappa shape index (κ3) is 2.90. The molecule has 94 valence electrons. The summed E-state index contributed by atoms with van der Waals surface area (Å²) in [6, 6.07) is 1.45. The van der Waals surface area contributed by atoms with Gasteiger partial charge in [-0.25, -0.2) is 4.79 Å². The Morgan fingerprint density at radius 1 is 1.29 bits per heavy atom. The zero-order valence-corrected chi connectivity index (χ0v) is 10.2. The van der Waals surface area contributed by atoms with Crippen molar-refractivity contribution in [1.29, 1.82) is 0 Å². The van der Waals surface area contributed by atoms with Crippen molar-refractivity contribution in [3.63, 3.8) is 0 Å². The van der Waals surface area contributed by atoms with Crippen LogP contribution in [0.25, 0.3) is 0 Å². The number of carbonyl (C=O) groups is 1. The highest BCUT2D eigenvalue weighted by atomic mass is 16.4. The summed E-state index contributed by atoms with van der Waals surface area (Å²) in [5.41, 5.74) is 1.12. The third-order valence-electron chi connectivity index (χ3n) is 2.91. The highest BCUT2D eigenvalue weighted by molar-refractivity contribution is 5.94. The van der Waals surface area contributed by atoms with Gasteiger partial charge in [-0.1, -0.05) is 19.8 Å². The molecule has 4 nitrogen and oxygen atoms in total. The minimum Gasteiger partial charge on any atom is -0.504 e. The molecule has 0 saturated carbocycles. The SMILES string of the molecule is CCCCCc1cc(O)c(O)c(C(=O)O)c1C. The van der Waals surface area contributed by atoms with Crippen molar-refractivity contribution in [2.24, 2.45) is 0 Å². The van der Waals surface area contributed by atoms with E-state index >= 15 is 0 Å². The van der Waals surface area contributed by atoms with Gasteiger partial charge in [0.1, 0.15) is 5.56 Å². The van der Waals surface area contributed by atoms with Crippen molar-refractivity contribution in [1.82, 2.24) is 0 Å². The van der Waals surface area contributed by atoms with E-state index in [1.165, 1.54) is 6.07 Å². The van der Waals surface area contributed by atoms with Gasteiger partial charge < -0.3 is 15.3 Å². The molecule has 3 N–H and O–H groups in total. The van der Waals surface area contributed by atoms with E-state index in [4.69, 9.17) is 5.11 Å². The average molecular weight is 238 g/mol. The number of aromatic carboxylic acids is 1. The number of aromatic hydroxyl groups is 2. The molecule has 0 amide bonds. The molecule has 0 bridgehead atoms. The van der Waals surface area contributed by atoms with E-state index < -0.39 is 11.7 Å². The number of phenols is 2. The largest absolute Gasteiger partial charge is 0.504 e. The third-order valence-corrected chi connectivity index (χ3v) is 2.91. The summed E-state index contributed by atoms with van der Waals surface area (Å²) in [6.07, 6.45) is 3.80. The van der Waals surface area contributed by atoms with Gasteiger partial charge in [0, 0.05) is 0 Å². The number of benzene rings is 1.